The van der Waals surface area contributed by atoms with Gasteiger partial charge in [-0.2, -0.15) is 0 Å². The smallest absolute Gasteiger partial charge is 0.318 e. The SMILES string of the molecule is C=CCn1c(COc2ccc(Cl)cc2)nnc1SC(C)C(=O)NC(N)=O. The summed E-state index contributed by atoms with van der Waals surface area (Å²) in [6.45, 7) is 5.99. The van der Waals surface area contributed by atoms with Gasteiger partial charge >= 0.3 is 6.03 Å². The molecule has 1 heterocycles. The van der Waals surface area contributed by atoms with E-state index >= 15 is 0 Å². The van der Waals surface area contributed by atoms with Crippen molar-refractivity contribution >= 4 is 35.3 Å². The van der Waals surface area contributed by atoms with Crippen LogP contribution in [0.2, 0.25) is 5.02 Å². The normalized spacial score (nSPS) is 11.6. The van der Waals surface area contributed by atoms with E-state index in [2.05, 4.69) is 16.8 Å². The minimum atomic E-state index is -0.896. The molecule has 1 aromatic heterocycles. The molecule has 0 saturated carbocycles. The van der Waals surface area contributed by atoms with Crippen LogP contribution in [0, 0.1) is 0 Å². The first-order valence-corrected chi connectivity index (χ1v) is 8.84. The zero-order chi connectivity index (χ0) is 19.1. The molecule has 0 saturated heterocycles. The number of nitrogens with one attached hydrogen (secondary N) is 1. The van der Waals surface area contributed by atoms with Gasteiger partial charge in [0.25, 0.3) is 0 Å². The minimum Gasteiger partial charge on any atom is -0.486 e. The number of halogens is 1. The van der Waals surface area contributed by atoms with Crippen LogP contribution in [0.1, 0.15) is 12.7 Å². The molecule has 26 heavy (non-hydrogen) atoms. The van der Waals surface area contributed by atoms with Crippen molar-refractivity contribution in [2.75, 3.05) is 0 Å². The Morgan fingerprint density at radius 2 is 2.12 bits per heavy atom. The molecule has 2 rings (SSSR count). The second-order valence-corrected chi connectivity index (χ2v) is 6.90. The number of thioether (sulfide) groups is 1. The summed E-state index contributed by atoms with van der Waals surface area (Å²) in [5.41, 5.74) is 4.96. The molecule has 3 N–H and O–H groups in total. The number of carbonyl (C=O) groups is 2. The number of amides is 3. The Balaban J connectivity index is 2.08. The Kier molecular flexibility index (Phi) is 7.05. The second-order valence-electron chi connectivity index (χ2n) is 5.15. The molecule has 3 amide bonds. The molecule has 1 unspecified atom stereocenters. The summed E-state index contributed by atoms with van der Waals surface area (Å²) in [5.74, 6) is 0.713. The third kappa shape index (κ3) is 5.50. The van der Waals surface area contributed by atoms with Gasteiger partial charge in [-0.25, -0.2) is 4.79 Å². The average molecular weight is 396 g/mol. The molecule has 0 aliphatic heterocycles. The molecule has 0 aliphatic carbocycles. The van der Waals surface area contributed by atoms with Crippen molar-refractivity contribution < 1.29 is 14.3 Å². The van der Waals surface area contributed by atoms with E-state index in [0.717, 1.165) is 11.8 Å². The van der Waals surface area contributed by atoms with Gasteiger partial charge in [0, 0.05) is 11.6 Å². The Bertz CT molecular complexity index is 794. The molecule has 0 aliphatic rings. The van der Waals surface area contributed by atoms with Crippen LogP contribution >= 0.6 is 23.4 Å². The van der Waals surface area contributed by atoms with E-state index < -0.39 is 17.2 Å². The van der Waals surface area contributed by atoms with Gasteiger partial charge in [0.05, 0.1) is 5.25 Å². The summed E-state index contributed by atoms with van der Waals surface area (Å²) in [6.07, 6.45) is 1.69. The molecular formula is C16H18ClN5O3S. The third-order valence-corrected chi connectivity index (χ3v) is 4.52. The van der Waals surface area contributed by atoms with E-state index in [1.807, 2.05) is 5.32 Å². The number of aromatic nitrogens is 3. The number of benzene rings is 1. The highest BCUT2D eigenvalue weighted by atomic mass is 35.5. The van der Waals surface area contributed by atoms with Gasteiger partial charge in [0.1, 0.15) is 12.4 Å². The summed E-state index contributed by atoms with van der Waals surface area (Å²) in [6, 6.07) is 6.06. The highest BCUT2D eigenvalue weighted by Gasteiger charge is 2.20. The number of nitrogens with zero attached hydrogens (tertiary/aromatic N) is 3. The molecule has 1 aromatic carbocycles. The maximum Gasteiger partial charge on any atom is 0.318 e. The van der Waals surface area contributed by atoms with Crippen molar-refractivity contribution in [3.05, 3.63) is 47.8 Å². The van der Waals surface area contributed by atoms with Crippen LogP contribution in [-0.4, -0.2) is 32.0 Å². The molecule has 8 nitrogen and oxygen atoms in total. The fraction of sp³-hybridized carbons (Fsp3) is 0.250. The van der Waals surface area contributed by atoms with E-state index in [4.69, 9.17) is 22.1 Å². The van der Waals surface area contributed by atoms with Crippen LogP contribution in [0.25, 0.3) is 0 Å². The van der Waals surface area contributed by atoms with Gasteiger partial charge in [-0.05, 0) is 31.2 Å². The maximum atomic E-state index is 11.8. The number of carbonyl (C=O) groups excluding carboxylic acids is 2. The highest BCUT2D eigenvalue weighted by molar-refractivity contribution is 8.00. The predicted molar refractivity (Wildman–Crippen MR) is 99.0 cm³/mol. The largest absolute Gasteiger partial charge is 0.486 e. The third-order valence-electron chi connectivity index (χ3n) is 3.18. The highest BCUT2D eigenvalue weighted by Crippen LogP contribution is 2.23. The molecule has 1 atom stereocenters. The van der Waals surface area contributed by atoms with E-state index in [1.54, 1.807) is 41.8 Å². The number of primary amides is 1. The predicted octanol–water partition coefficient (Wildman–Crippen LogP) is 2.37. The Morgan fingerprint density at radius 1 is 1.42 bits per heavy atom. The standard InChI is InChI=1S/C16H18ClN5O3S/c1-3-8-22-13(9-25-12-6-4-11(17)5-7-12)20-21-16(22)26-10(2)14(23)19-15(18)24/h3-7,10H,1,8-9H2,2H3,(H3,18,19,23,24). The Hall–Kier alpha value is -2.52. The summed E-state index contributed by atoms with van der Waals surface area (Å²) < 4.78 is 7.47. The van der Waals surface area contributed by atoms with Crippen molar-refractivity contribution in [3.63, 3.8) is 0 Å². The quantitative estimate of drug-likeness (QED) is 0.524. The monoisotopic (exact) mass is 395 g/mol. The van der Waals surface area contributed by atoms with Crippen molar-refractivity contribution in [3.8, 4) is 5.75 Å². The first-order chi connectivity index (χ1) is 12.4. The fourth-order valence-electron chi connectivity index (χ4n) is 1.94. The number of hydrogen-bond acceptors (Lipinski definition) is 6. The molecule has 138 valence electrons. The van der Waals surface area contributed by atoms with Gasteiger partial charge in [-0.3, -0.25) is 14.7 Å². The van der Waals surface area contributed by atoms with Gasteiger partial charge in [0.2, 0.25) is 5.91 Å². The van der Waals surface area contributed by atoms with Crippen LogP contribution in [0.3, 0.4) is 0 Å². The van der Waals surface area contributed by atoms with Crippen molar-refractivity contribution in [1.82, 2.24) is 20.1 Å². The molecule has 0 spiro atoms. The zero-order valence-electron chi connectivity index (χ0n) is 14.0. The van der Waals surface area contributed by atoms with Crippen LogP contribution in [0.4, 0.5) is 4.79 Å². The molecule has 10 heteroatoms. The maximum absolute atomic E-state index is 11.8. The first-order valence-electron chi connectivity index (χ1n) is 7.59. The van der Waals surface area contributed by atoms with Crippen LogP contribution in [-0.2, 0) is 17.9 Å². The molecule has 0 radical (unpaired) electrons. The molecule has 0 bridgehead atoms. The van der Waals surface area contributed by atoms with Gasteiger partial charge in [0.15, 0.2) is 11.0 Å². The zero-order valence-corrected chi connectivity index (χ0v) is 15.6. The molecule has 0 fully saturated rings. The van der Waals surface area contributed by atoms with Crippen molar-refractivity contribution in [1.29, 1.82) is 0 Å². The average Bonchev–Trinajstić information content (AvgIpc) is 2.96. The number of nitrogens with two attached hydrogens (primary N) is 1. The summed E-state index contributed by atoms with van der Waals surface area (Å²) in [4.78, 5) is 22.6. The Labute approximate surface area is 159 Å². The van der Waals surface area contributed by atoms with Crippen molar-refractivity contribution in [2.45, 2.75) is 30.5 Å². The van der Waals surface area contributed by atoms with Gasteiger partial charge < -0.3 is 10.5 Å². The minimum absolute atomic E-state index is 0.185. The lowest BCUT2D eigenvalue weighted by molar-refractivity contribution is -0.119. The lowest BCUT2D eigenvalue weighted by Crippen LogP contribution is -2.39. The van der Waals surface area contributed by atoms with Crippen molar-refractivity contribution in [2.24, 2.45) is 5.73 Å². The van der Waals surface area contributed by atoms with E-state index in [0.29, 0.717) is 28.3 Å². The molecule has 2 aromatic rings. The number of hydrogen-bond donors (Lipinski definition) is 2. The first kappa shape index (κ1) is 19.8. The lowest BCUT2D eigenvalue weighted by atomic mass is 10.3. The van der Waals surface area contributed by atoms with Gasteiger partial charge in [-0.1, -0.05) is 29.4 Å². The van der Waals surface area contributed by atoms with E-state index in [9.17, 15) is 9.59 Å². The number of urea groups is 1. The van der Waals surface area contributed by atoms with Crippen LogP contribution in [0.5, 0.6) is 5.75 Å². The molecular weight excluding hydrogens is 378 g/mol. The van der Waals surface area contributed by atoms with Crippen LogP contribution < -0.4 is 15.8 Å². The number of rotatable bonds is 8. The topological polar surface area (TPSA) is 112 Å². The van der Waals surface area contributed by atoms with Crippen LogP contribution in [0.15, 0.2) is 42.1 Å². The summed E-state index contributed by atoms with van der Waals surface area (Å²) in [5, 5.41) is 10.8. The van der Waals surface area contributed by atoms with E-state index in [-0.39, 0.29) is 6.61 Å². The second kappa shape index (κ2) is 9.25. The number of allylic oxidation sites excluding steroid dienone is 1. The van der Waals surface area contributed by atoms with E-state index in [1.165, 1.54) is 0 Å². The summed E-state index contributed by atoms with van der Waals surface area (Å²) in [7, 11) is 0. The fourth-order valence-corrected chi connectivity index (χ4v) is 2.94. The number of ether oxygens (including phenoxy) is 1. The summed E-state index contributed by atoms with van der Waals surface area (Å²) >= 11 is 7.00. The number of imide groups is 1. The Morgan fingerprint density at radius 3 is 2.73 bits per heavy atom. The van der Waals surface area contributed by atoms with Gasteiger partial charge in [-0.15, -0.1) is 16.8 Å². The lowest BCUT2D eigenvalue weighted by Gasteiger charge is -2.12.